The van der Waals surface area contributed by atoms with E-state index in [1.54, 1.807) is 30.6 Å². The van der Waals surface area contributed by atoms with Crippen LogP contribution in [0.1, 0.15) is 22.2 Å². The number of carbonyl (C=O) groups excluding carboxylic acids is 1. The molecule has 0 saturated carbocycles. The summed E-state index contributed by atoms with van der Waals surface area (Å²) >= 11 is 1.55. The lowest BCUT2D eigenvalue weighted by atomic mass is 10.1. The summed E-state index contributed by atoms with van der Waals surface area (Å²) in [6, 6.07) is 17.3. The van der Waals surface area contributed by atoms with Gasteiger partial charge in [-0.05, 0) is 24.1 Å². The van der Waals surface area contributed by atoms with Crippen molar-refractivity contribution in [2.24, 2.45) is 12.0 Å². The maximum absolute atomic E-state index is 12.6. The van der Waals surface area contributed by atoms with Crippen LogP contribution in [0.5, 0.6) is 5.75 Å². The molecule has 1 aromatic heterocycles. The van der Waals surface area contributed by atoms with Crippen molar-refractivity contribution in [2.75, 3.05) is 7.11 Å². The third-order valence-electron chi connectivity index (χ3n) is 4.00. The normalized spacial score (nSPS) is 11.6. The molecule has 0 atom stereocenters. The number of aryl methyl sites for hydroxylation is 1. The van der Waals surface area contributed by atoms with Crippen LogP contribution in [0.2, 0.25) is 0 Å². The van der Waals surface area contributed by atoms with Crippen molar-refractivity contribution in [1.82, 2.24) is 4.57 Å². The van der Waals surface area contributed by atoms with E-state index in [-0.39, 0.29) is 5.91 Å². The summed E-state index contributed by atoms with van der Waals surface area (Å²) in [7, 11) is 3.51. The van der Waals surface area contributed by atoms with Gasteiger partial charge in [0.15, 0.2) is 4.80 Å². The number of hydrogen-bond donors (Lipinski definition) is 0. The third kappa shape index (κ3) is 3.42. The van der Waals surface area contributed by atoms with Crippen LogP contribution in [0.3, 0.4) is 0 Å². The van der Waals surface area contributed by atoms with Crippen molar-refractivity contribution < 1.29 is 9.53 Å². The van der Waals surface area contributed by atoms with E-state index >= 15 is 0 Å². The highest BCUT2D eigenvalue weighted by molar-refractivity contribution is 7.09. The van der Waals surface area contributed by atoms with Crippen molar-refractivity contribution in [3.05, 3.63) is 69.8 Å². The molecule has 0 saturated heterocycles. The largest absolute Gasteiger partial charge is 0.496 e. The molecule has 4 nitrogen and oxygen atoms in total. The van der Waals surface area contributed by atoms with Crippen molar-refractivity contribution in [3.63, 3.8) is 0 Å². The topological polar surface area (TPSA) is 43.6 Å². The first kappa shape index (κ1) is 17.2. The molecule has 0 spiro atoms. The average molecular weight is 352 g/mol. The first-order valence-electron chi connectivity index (χ1n) is 8.12. The van der Waals surface area contributed by atoms with Gasteiger partial charge in [-0.25, -0.2) is 0 Å². The molecule has 0 bridgehead atoms. The van der Waals surface area contributed by atoms with Crippen LogP contribution in [0.4, 0.5) is 0 Å². The minimum absolute atomic E-state index is 0.295. The second kappa shape index (κ2) is 7.49. The second-order valence-electron chi connectivity index (χ2n) is 5.55. The summed E-state index contributed by atoms with van der Waals surface area (Å²) in [5.41, 5.74) is 2.71. The van der Waals surface area contributed by atoms with E-state index in [9.17, 15) is 4.79 Å². The van der Waals surface area contributed by atoms with Gasteiger partial charge in [-0.15, -0.1) is 11.3 Å². The first-order chi connectivity index (χ1) is 12.2. The molecule has 0 fully saturated rings. The molecule has 3 aromatic rings. The summed E-state index contributed by atoms with van der Waals surface area (Å²) in [4.78, 5) is 18.9. The highest BCUT2D eigenvalue weighted by atomic mass is 32.1. The van der Waals surface area contributed by atoms with Gasteiger partial charge in [-0.1, -0.05) is 49.4 Å². The first-order valence-corrected chi connectivity index (χ1v) is 8.93. The van der Waals surface area contributed by atoms with Crippen LogP contribution in [-0.4, -0.2) is 17.6 Å². The lowest BCUT2D eigenvalue weighted by Crippen LogP contribution is -2.14. The van der Waals surface area contributed by atoms with E-state index in [0.29, 0.717) is 16.1 Å². The minimum Gasteiger partial charge on any atom is -0.496 e. The van der Waals surface area contributed by atoms with Crippen LogP contribution in [0.15, 0.2) is 59.6 Å². The van der Waals surface area contributed by atoms with E-state index in [2.05, 4.69) is 24.0 Å². The van der Waals surface area contributed by atoms with Crippen molar-refractivity contribution in [3.8, 4) is 17.0 Å². The smallest absolute Gasteiger partial charge is 0.283 e. The predicted octanol–water partition coefficient (Wildman–Crippen LogP) is 4.07. The predicted molar refractivity (Wildman–Crippen MR) is 101 cm³/mol. The number of aromatic nitrogens is 1. The lowest BCUT2D eigenvalue weighted by molar-refractivity contribution is 0.0995. The highest BCUT2D eigenvalue weighted by Crippen LogP contribution is 2.25. The Morgan fingerprint density at radius 1 is 1.12 bits per heavy atom. The van der Waals surface area contributed by atoms with E-state index in [1.807, 2.05) is 41.9 Å². The van der Waals surface area contributed by atoms with Gasteiger partial charge in [0.25, 0.3) is 5.91 Å². The molecule has 128 valence electrons. The molecule has 0 aliphatic rings. The molecular formula is C20H20N2O2S. The van der Waals surface area contributed by atoms with Crippen LogP contribution >= 0.6 is 11.3 Å². The SMILES string of the molecule is CCc1sc(=NC(=O)c2ccccc2OC)n(C)c1-c1ccccc1. The van der Waals surface area contributed by atoms with E-state index in [1.165, 1.54) is 4.88 Å². The van der Waals surface area contributed by atoms with Gasteiger partial charge < -0.3 is 9.30 Å². The molecule has 1 heterocycles. The Morgan fingerprint density at radius 3 is 2.48 bits per heavy atom. The second-order valence-corrected chi connectivity index (χ2v) is 6.61. The Hall–Kier alpha value is -2.66. The van der Waals surface area contributed by atoms with Crippen LogP contribution in [0.25, 0.3) is 11.3 Å². The van der Waals surface area contributed by atoms with Gasteiger partial charge in [0.1, 0.15) is 5.75 Å². The summed E-state index contributed by atoms with van der Waals surface area (Å²) in [6.07, 6.45) is 0.890. The average Bonchev–Trinajstić information content (AvgIpc) is 2.97. The maximum atomic E-state index is 12.6. The molecule has 3 rings (SSSR count). The molecule has 0 unspecified atom stereocenters. The zero-order valence-corrected chi connectivity index (χ0v) is 15.3. The summed E-state index contributed by atoms with van der Waals surface area (Å²) in [5, 5.41) is 0. The van der Waals surface area contributed by atoms with Gasteiger partial charge in [-0.3, -0.25) is 4.79 Å². The fraction of sp³-hybridized carbons (Fsp3) is 0.200. The standard InChI is InChI=1S/C20H20N2O2S/c1-4-17-18(14-10-6-5-7-11-14)22(2)20(25-17)21-19(23)15-12-8-9-13-16(15)24-3/h5-13H,4H2,1-3H3. The number of rotatable bonds is 4. The van der Waals surface area contributed by atoms with E-state index in [0.717, 1.165) is 17.7 Å². The van der Waals surface area contributed by atoms with Crippen LogP contribution in [-0.2, 0) is 13.5 Å². The summed E-state index contributed by atoms with van der Waals surface area (Å²) < 4.78 is 7.26. The van der Waals surface area contributed by atoms with Gasteiger partial charge in [0, 0.05) is 11.9 Å². The minimum atomic E-state index is -0.295. The lowest BCUT2D eigenvalue weighted by Gasteiger charge is -2.06. The highest BCUT2D eigenvalue weighted by Gasteiger charge is 2.14. The monoisotopic (exact) mass is 352 g/mol. The number of carbonyl (C=O) groups is 1. The fourth-order valence-corrected chi connectivity index (χ4v) is 3.84. The third-order valence-corrected chi connectivity index (χ3v) is 5.28. The van der Waals surface area contributed by atoms with Crippen molar-refractivity contribution in [2.45, 2.75) is 13.3 Å². The Kier molecular flexibility index (Phi) is 5.14. The number of nitrogens with zero attached hydrogens (tertiary/aromatic N) is 2. The zero-order valence-electron chi connectivity index (χ0n) is 14.5. The molecule has 0 aliphatic heterocycles. The zero-order chi connectivity index (χ0) is 17.8. The number of benzene rings is 2. The van der Waals surface area contributed by atoms with Crippen LogP contribution in [0, 0.1) is 0 Å². The number of methoxy groups -OCH3 is 1. The molecule has 25 heavy (non-hydrogen) atoms. The number of amides is 1. The summed E-state index contributed by atoms with van der Waals surface area (Å²) in [5.74, 6) is 0.242. The maximum Gasteiger partial charge on any atom is 0.283 e. The molecular weight excluding hydrogens is 332 g/mol. The number of para-hydroxylation sites is 1. The van der Waals surface area contributed by atoms with E-state index < -0.39 is 0 Å². The Balaban J connectivity index is 2.11. The van der Waals surface area contributed by atoms with Gasteiger partial charge >= 0.3 is 0 Å². The Labute approximate surface area is 151 Å². The molecule has 1 amide bonds. The quantitative estimate of drug-likeness (QED) is 0.710. The Morgan fingerprint density at radius 2 is 1.80 bits per heavy atom. The van der Waals surface area contributed by atoms with Gasteiger partial charge in [0.05, 0.1) is 18.4 Å². The molecule has 5 heteroatoms. The van der Waals surface area contributed by atoms with E-state index in [4.69, 9.17) is 4.74 Å². The number of ether oxygens (including phenoxy) is 1. The molecule has 0 aliphatic carbocycles. The van der Waals surface area contributed by atoms with Crippen molar-refractivity contribution >= 4 is 17.2 Å². The van der Waals surface area contributed by atoms with Crippen molar-refractivity contribution in [1.29, 1.82) is 0 Å². The number of hydrogen-bond acceptors (Lipinski definition) is 3. The van der Waals surface area contributed by atoms with Gasteiger partial charge in [-0.2, -0.15) is 4.99 Å². The number of thiazole rings is 1. The fourth-order valence-electron chi connectivity index (χ4n) is 2.77. The Bertz CT molecular complexity index is 955. The van der Waals surface area contributed by atoms with Crippen LogP contribution < -0.4 is 9.54 Å². The molecule has 0 N–H and O–H groups in total. The molecule has 0 radical (unpaired) electrons. The molecule has 2 aromatic carbocycles. The van der Waals surface area contributed by atoms with Gasteiger partial charge in [0.2, 0.25) is 0 Å². The summed E-state index contributed by atoms with van der Waals surface area (Å²) in [6.45, 7) is 2.12.